The van der Waals surface area contributed by atoms with Gasteiger partial charge in [-0.25, -0.2) is 0 Å². The minimum atomic E-state index is -4.38. The van der Waals surface area contributed by atoms with Crippen molar-refractivity contribution in [3.8, 4) is 17.2 Å². The number of nitrogens with one attached hydrogen (secondary N) is 1. The lowest BCUT2D eigenvalue weighted by atomic mass is 10.0. The normalized spacial score (nSPS) is 11.3. The van der Waals surface area contributed by atoms with Crippen LogP contribution in [0.4, 0.5) is 13.2 Å². The number of H-pyrrole nitrogens is 1. The summed E-state index contributed by atoms with van der Waals surface area (Å²) in [5.74, 6) is 0. The maximum absolute atomic E-state index is 12.5. The number of aryl methyl sites for hydroxylation is 1. The molecule has 5 heteroatoms. The number of nitrogens with zero attached hydrogens (tertiary/aromatic N) is 1. The van der Waals surface area contributed by atoms with Crippen LogP contribution in [-0.2, 0) is 6.18 Å². The first-order valence-corrected chi connectivity index (χ1v) is 5.19. The van der Waals surface area contributed by atoms with Crippen LogP contribution in [0, 0.1) is 18.3 Å². The van der Waals surface area contributed by atoms with Gasteiger partial charge in [-0.15, -0.1) is 0 Å². The number of nitriles is 1. The van der Waals surface area contributed by atoms with E-state index >= 15 is 0 Å². The van der Waals surface area contributed by atoms with Crippen molar-refractivity contribution < 1.29 is 13.2 Å². The quantitative estimate of drug-likeness (QED) is 0.819. The van der Waals surface area contributed by atoms with Crippen molar-refractivity contribution in [3.63, 3.8) is 0 Å². The Morgan fingerprint density at radius 3 is 2.22 bits per heavy atom. The second kappa shape index (κ2) is 4.22. The Morgan fingerprint density at radius 1 is 1.17 bits per heavy atom. The minimum absolute atomic E-state index is 0.451. The molecule has 2 aromatic rings. The van der Waals surface area contributed by atoms with Gasteiger partial charge in [0.15, 0.2) is 0 Å². The number of aromatic amines is 1. The molecule has 0 bridgehead atoms. The van der Waals surface area contributed by atoms with Crippen molar-refractivity contribution in [2.45, 2.75) is 13.1 Å². The monoisotopic (exact) mass is 250 g/mol. The number of hydrogen-bond donors (Lipinski definition) is 1. The van der Waals surface area contributed by atoms with Crippen LogP contribution in [0.3, 0.4) is 0 Å². The molecule has 1 aromatic heterocycles. The predicted octanol–water partition coefficient (Wildman–Crippen LogP) is 3.88. The number of halogens is 3. The van der Waals surface area contributed by atoms with Gasteiger partial charge >= 0.3 is 6.18 Å². The summed E-state index contributed by atoms with van der Waals surface area (Å²) in [6, 6.07) is 9.47. The Hall–Kier alpha value is -2.22. The van der Waals surface area contributed by atoms with Gasteiger partial charge in [0, 0.05) is 11.3 Å². The van der Waals surface area contributed by atoms with Crippen LogP contribution in [0.25, 0.3) is 11.1 Å². The summed E-state index contributed by atoms with van der Waals surface area (Å²) in [5, 5.41) is 8.66. The highest BCUT2D eigenvalue weighted by molar-refractivity contribution is 5.67. The van der Waals surface area contributed by atoms with Crippen molar-refractivity contribution in [2.24, 2.45) is 0 Å². The van der Waals surface area contributed by atoms with E-state index in [9.17, 15) is 13.2 Å². The van der Waals surface area contributed by atoms with Gasteiger partial charge in [-0.2, -0.15) is 18.4 Å². The van der Waals surface area contributed by atoms with E-state index in [0.717, 1.165) is 6.07 Å². The topological polar surface area (TPSA) is 39.6 Å². The summed E-state index contributed by atoms with van der Waals surface area (Å²) < 4.78 is 37.6. The van der Waals surface area contributed by atoms with Gasteiger partial charge in [0.2, 0.25) is 0 Å². The Kier molecular flexibility index (Phi) is 2.87. The number of benzene rings is 1. The van der Waals surface area contributed by atoms with Crippen molar-refractivity contribution in [2.75, 3.05) is 0 Å². The Labute approximate surface area is 102 Å². The van der Waals surface area contributed by atoms with E-state index in [4.69, 9.17) is 5.26 Å². The molecule has 92 valence electrons. The molecule has 2 nitrogen and oxygen atoms in total. The number of rotatable bonds is 1. The van der Waals surface area contributed by atoms with Gasteiger partial charge in [0.05, 0.1) is 11.6 Å². The summed E-state index contributed by atoms with van der Waals surface area (Å²) in [5.41, 5.74) is 1.31. The van der Waals surface area contributed by atoms with Gasteiger partial charge in [-0.3, -0.25) is 0 Å². The molecule has 0 aliphatic rings. The third-order valence-electron chi connectivity index (χ3n) is 2.65. The molecule has 0 amide bonds. The fraction of sp³-hybridized carbons (Fsp3) is 0.154. The molecular weight excluding hydrogens is 241 g/mol. The van der Waals surface area contributed by atoms with Crippen LogP contribution < -0.4 is 0 Å². The van der Waals surface area contributed by atoms with Crippen LogP contribution in [0.1, 0.15) is 17.0 Å². The lowest BCUT2D eigenvalue weighted by Crippen LogP contribution is -2.04. The van der Waals surface area contributed by atoms with E-state index in [1.54, 1.807) is 31.2 Å². The molecule has 0 unspecified atom stereocenters. The lowest BCUT2D eigenvalue weighted by molar-refractivity contribution is -0.140. The van der Waals surface area contributed by atoms with Crippen LogP contribution in [0.15, 0.2) is 30.3 Å². The largest absolute Gasteiger partial charge is 0.431 e. The first-order chi connectivity index (χ1) is 8.41. The lowest BCUT2D eigenvalue weighted by Gasteiger charge is -2.01. The molecule has 0 fully saturated rings. The predicted molar refractivity (Wildman–Crippen MR) is 60.7 cm³/mol. The van der Waals surface area contributed by atoms with E-state index in [1.165, 1.54) is 0 Å². The van der Waals surface area contributed by atoms with E-state index in [-0.39, 0.29) is 0 Å². The molecule has 0 radical (unpaired) electrons. The molecule has 1 aromatic carbocycles. The van der Waals surface area contributed by atoms with Crippen LogP contribution in [0.2, 0.25) is 0 Å². The third kappa shape index (κ3) is 2.23. The summed E-state index contributed by atoms with van der Waals surface area (Å²) >= 11 is 0. The molecule has 0 saturated carbocycles. The van der Waals surface area contributed by atoms with Crippen LogP contribution in [-0.4, -0.2) is 4.98 Å². The standard InChI is InChI=1S/C13H9F3N2/c1-8-11(6-12(18-8)13(14,15)16)10-4-2-9(7-17)3-5-10/h2-6,18H,1H3. The van der Waals surface area contributed by atoms with E-state index in [1.807, 2.05) is 6.07 Å². The van der Waals surface area contributed by atoms with Gasteiger partial charge in [-0.05, 0) is 30.7 Å². The molecular formula is C13H9F3N2. The average molecular weight is 250 g/mol. The fourth-order valence-corrected chi connectivity index (χ4v) is 1.73. The van der Waals surface area contributed by atoms with Gasteiger partial charge in [-0.1, -0.05) is 12.1 Å². The zero-order valence-electron chi connectivity index (χ0n) is 9.47. The minimum Gasteiger partial charge on any atom is -0.355 e. The third-order valence-corrected chi connectivity index (χ3v) is 2.65. The highest BCUT2D eigenvalue weighted by atomic mass is 19.4. The second-order valence-corrected chi connectivity index (χ2v) is 3.91. The molecule has 0 spiro atoms. The maximum atomic E-state index is 12.5. The maximum Gasteiger partial charge on any atom is 0.431 e. The molecule has 0 saturated heterocycles. The first kappa shape index (κ1) is 12.2. The summed E-state index contributed by atoms with van der Waals surface area (Å²) in [6.07, 6.45) is -4.38. The SMILES string of the molecule is Cc1[nH]c(C(F)(F)F)cc1-c1ccc(C#N)cc1. The number of alkyl halides is 3. The Balaban J connectivity index is 2.45. The number of aromatic nitrogens is 1. The van der Waals surface area contributed by atoms with Gasteiger partial charge in [0.25, 0.3) is 0 Å². The summed E-state index contributed by atoms with van der Waals surface area (Å²) in [6.45, 7) is 1.59. The van der Waals surface area contributed by atoms with Gasteiger partial charge in [0.1, 0.15) is 5.69 Å². The zero-order valence-corrected chi connectivity index (χ0v) is 9.47. The molecule has 0 aliphatic carbocycles. The van der Waals surface area contributed by atoms with Crippen molar-refractivity contribution in [3.05, 3.63) is 47.3 Å². The Bertz CT molecular complexity index is 601. The second-order valence-electron chi connectivity index (χ2n) is 3.91. The smallest absolute Gasteiger partial charge is 0.355 e. The zero-order chi connectivity index (χ0) is 13.3. The average Bonchev–Trinajstić information content (AvgIpc) is 2.71. The molecule has 1 heterocycles. The summed E-state index contributed by atoms with van der Waals surface area (Å²) in [7, 11) is 0. The van der Waals surface area contributed by atoms with Crippen LogP contribution in [0.5, 0.6) is 0 Å². The van der Waals surface area contributed by atoms with Crippen molar-refractivity contribution >= 4 is 0 Å². The first-order valence-electron chi connectivity index (χ1n) is 5.19. The highest BCUT2D eigenvalue weighted by Crippen LogP contribution is 2.33. The highest BCUT2D eigenvalue weighted by Gasteiger charge is 2.33. The van der Waals surface area contributed by atoms with E-state index in [0.29, 0.717) is 22.4 Å². The summed E-state index contributed by atoms with van der Waals surface area (Å²) in [4.78, 5) is 2.32. The number of hydrogen-bond acceptors (Lipinski definition) is 1. The molecule has 2 rings (SSSR count). The molecule has 18 heavy (non-hydrogen) atoms. The fourth-order valence-electron chi connectivity index (χ4n) is 1.73. The molecule has 0 aliphatic heterocycles. The molecule has 0 atom stereocenters. The van der Waals surface area contributed by atoms with Gasteiger partial charge < -0.3 is 4.98 Å². The van der Waals surface area contributed by atoms with E-state index in [2.05, 4.69) is 4.98 Å². The van der Waals surface area contributed by atoms with Crippen LogP contribution >= 0.6 is 0 Å². The molecule has 1 N–H and O–H groups in total. The van der Waals surface area contributed by atoms with E-state index < -0.39 is 11.9 Å². The Morgan fingerprint density at radius 2 is 1.78 bits per heavy atom. The van der Waals surface area contributed by atoms with Crippen molar-refractivity contribution in [1.82, 2.24) is 4.98 Å². The van der Waals surface area contributed by atoms with Crippen molar-refractivity contribution in [1.29, 1.82) is 5.26 Å².